The van der Waals surface area contributed by atoms with Crippen LogP contribution in [0.3, 0.4) is 0 Å². The topological polar surface area (TPSA) is 96.5 Å². The van der Waals surface area contributed by atoms with Gasteiger partial charge >= 0.3 is 5.97 Å². The van der Waals surface area contributed by atoms with Gasteiger partial charge in [0.05, 0.1) is 6.04 Å². The van der Waals surface area contributed by atoms with Gasteiger partial charge in [-0.05, 0) is 6.92 Å². The number of thiazole rings is 1. The highest BCUT2D eigenvalue weighted by Crippen LogP contribution is 2.17. The fraction of sp³-hybridized carbons (Fsp3) is 0.364. The molecule has 1 rings (SSSR count). The zero-order valence-corrected chi connectivity index (χ0v) is 10.8. The molecule has 0 spiro atoms. The van der Waals surface area contributed by atoms with E-state index in [9.17, 15) is 9.59 Å². The summed E-state index contributed by atoms with van der Waals surface area (Å²) < 4.78 is 0. The first-order valence-electron chi connectivity index (χ1n) is 5.28. The van der Waals surface area contributed by atoms with Gasteiger partial charge in [-0.2, -0.15) is 0 Å². The van der Waals surface area contributed by atoms with Crippen LogP contribution in [-0.4, -0.2) is 40.0 Å². The number of aliphatic carboxylic acids is 1. The number of carbonyl (C=O) groups excluding carboxylic acids is 1. The minimum atomic E-state index is -1.08. The van der Waals surface area contributed by atoms with Crippen molar-refractivity contribution in [1.82, 2.24) is 9.88 Å². The number of hydrogen-bond acceptors (Lipinski definition) is 5. The molecule has 0 bridgehead atoms. The molecule has 6 nitrogen and oxygen atoms in total. The van der Waals surface area contributed by atoms with Crippen LogP contribution >= 0.6 is 11.3 Å². The molecule has 0 aliphatic rings. The van der Waals surface area contributed by atoms with Crippen LogP contribution in [0.2, 0.25) is 0 Å². The van der Waals surface area contributed by atoms with Crippen molar-refractivity contribution in [3.8, 4) is 0 Å². The Hall–Kier alpha value is -1.73. The second-order valence-corrected chi connectivity index (χ2v) is 4.62. The Kier molecular flexibility index (Phi) is 4.99. The number of nitrogens with two attached hydrogens (primary N) is 1. The van der Waals surface area contributed by atoms with Gasteiger partial charge in [0.2, 0.25) is 0 Å². The standard InChI is InChI=1S/C11H15N3O3S/c1-3-4-14(5-9(15)16)11(17)8-6-18-10(13-8)7(2)12/h3,6-7H,1,4-5,12H2,2H3,(H,15,16). The van der Waals surface area contributed by atoms with E-state index in [1.54, 1.807) is 12.3 Å². The third kappa shape index (κ3) is 3.64. The highest BCUT2D eigenvalue weighted by atomic mass is 32.1. The number of hydrogen-bond donors (Lipinski definition) is 2. The van der Waals surface area contributed by atoms with Crippen LogP contribution < -0.4 is 5.73 Å². The fourth-order valence-corrected chi connectivity index (χ4v) is 2.05. The Balaban J connectivity index is 2.86. The maximum Gasteiger partial charge on any atom is 0.323 e. The fourth-order valence-electron chi connectivity index (χ4n) is 1.30. The Morgan fingerprint density at radius 3 is 2.83 bits per heavy atom. The molecule has 0 radical (unpaired) electrons. The lowest BCUT2D eigenvalue weighted by molar-refractivity contribution is -0.137. The highest BCUT2D eigenvalue weighted by Gasteiger charge is 2.20. The minimum absolute atomic E-state index is 0.163. The molecule has 1 heterocycles. The van der Waals surface area contributed by atoms with Crippen molar-refractivity contribution in [2.45, 2.75) is 13.0 Å². The van der Waals surface area contributed by atoms with E-state index in [4.69, 9.17) is 10.8 Å². The molecule has 7 heteroatoms. The van der Waals surface area contributed by atoms with Crippen LogP contribution in [0.4, 0.5) is 0 Å². The zero-order valence-electron chi connectivity index (χ0n) is 10.00. The van der Waals surface area contributed by atoms with E-state index in [0.717, 1.165) is 4.90 Å². The van der Waals surface area contributed by atoms with Gasteiger partial charge in [-0.3, -0.25) is 9.59 Å². The number of nitrogens with zero attached hydrogens (tertiary/aromatic N) is 2. The van der Waals surface area contributed by atoms with Crippen LogP contribution in [0.5, 0.6) is 0 Å². The molecule has 0 fully saturated rings. The average Bonchev–Trinajstić information content (AvgIpc) is 2.76. The van der Waals surface area contributed by atoms with Crippen LogP contribution in [0.15, 0.2) is 18.0 Å². The molecule has 0 aliphatic carbocycles. The van der Waals surface area contributed by atoms with E-state index in [-0.39, 0.29) is 24.8 Å². The normalized spacial score (nSPS) is 11.9. The van der Waals surface area contributed by atoms with Gasteiger partial charge in [-0.15, -0.1) is 17.9 Å². The molecular formula is C11H15N3O3S. The first-order chi connectivity index (χ1) is 8.45. The first-order valence-corrected chi connectivity index (χ1v) is 6.16. The van der Waals surface area contributed by atoms with Crippen LogP contribution in [0.1, 0.15) is 28.5 Å². The average molecular weight is 269 g/mol. The van der Waals surface area contributed by atoms with E-state index in [1.165, 1.54) is 17.4 Å². The molecule has 3 N–H and O–H groups in total. The second kappa shape index (κ2) is 6.27. The summed E-state index contributed by atoms with van der Waals surface area (Å²) in [5, 5.41) is 11.0. The quantitative estimate of drug-likeness (QED) is 0.747. The van der Waals surface area contributed by atoms with Gasteiger partial charge in [0, 0.05) is 11.9 Å². The summed E-state index contributed by atoms with van der Waals surface area (Å²) >= 11 is 1.28. The predicted molar refractivity (Wildman–Crippen MR) is 68.5 cm³/mol. The molecule has 1 aromatic heterocycles. The summed E-state index contributed by atoms with van der Waals surface area (Å²) in [7, 11) is 0. The van der Waals surface area contributed by atoms with Crippen molar-refractivity contribution in [2.24, 2.45) is 5.73 Å². The number of aromatic nitrogens is 1. The van der Waals surface area contributed by atoms with Crippen molar-refractivity contribution >= 4 is 23.2 Å². The SMILES string of the molecule is C=CCN(CC(=O)O)C(=O)c1csc(C(C)N)n1. The van der Waals surface area contributed by atoms with Gasteiger partial charge in [-0.25, -0.2) is 4.98 Å². The lowest BCUT2D eigenvalue weighted by Crippen LogP contribution is -2.36. The Morgan fingerprint density at radius 1 is 1.72 bits per heavy atom. The Morgan fingerprint density at radius 2 is 2.39 bits per heavy atom. The maximum absolute atomic E-state index is 12.0. The van der Waals surface area contributed by atoms with Crippen LogP contribution in [0.25, 0.3) is 0 Å². The molecule has 0 aromatic carbocycles. The third-order valence-electron chi connectivity index (χ3n) is 2.09. The van der Waals surface area contributed by atoms with E-state index in [0.29, 0.717) is 5.01 Å². The molecule has 98 valence electrons. The van der Waals surface area contributed by atoms with E-state index < -0.39 is 11.9 Å². The number of amides is 1. The summed E-state index contributed by atoms with van der Waals surface area (Å²) in [6, 6.07) is -0.246. The number of carboxylic acid groups (broad SMARTS) is 1. The van der Waals surface area contributed by atoms with Gasteiger partial charge in [0.25, 0.3) is 5.91 Å². The summed E-state index contributed by atoms with van der Waals surface area (Å²) in [6.45, 7) is 5.05. The number of carbonyl (C=O) groups is 2. The number of rotatable bonds is 6. The van der Waals surface area contributed by atoms with Crippen molar-refractivity contribution < 1.29 is 14.7 Å². The lowest BCUT2D eigenvalue weighted by atomic mass is 10.3. The van der Waals surface area contributed by atoms with Crippen molar-refractivity contribution in [2.75, 3.05) is 13.1 Å². The summed E-state index contributed by atoms with van der Waals surface area (Å²) in [5.74, 6) is -1.51. The molecular weight excluding hydrogens is 254 g/mol. The van der Waals surface area contributed by atoms with E-state index in [1.807, 2.05) is 0 Å². The first kappa shape index (κ1) is 14.3. The minimum Gasteiger partial charge on any atom is -0.480 e. The molecule has 1 aromatic rings. The maximum atomic E-state index is 12.0. The Labute approximate surface area is 109 Å². The lowest BCUT2D eigenvalue weighted by Gasteiger charge is -2.17. The predicted octanol–water partition coefficient (Wildman–Crippen LogP) is 0.876. The van der Waals surface area contributed by atoms with E-state index >= 15 is 0 Å². The molecule has 1 amide bonds. The van der Waals surface area contributed by atoms with Crippen molar-refractivity contribution in [3.63, 3.8) is 0 Å². The van der Waals surface area contributed by atoms with Gasteiger partial charge in [0.1, 0.15) is 17.2 Å². The van der Waals surface area contributed by atoms with Crippen molar-refractivity contribution in [3.05, 3.63) is 28.7 Å². The van der Waals surface area contributed by atoms with Crippen molar-refractivity contribution in [1.29, 1.82) is 0 Å². The molecule has 1 unspecified atom stereocenters. The molecule has 0 saturated carbocycles. The van der Waals surface area contributed by atoms with Gasteiger partial charge in [-0.1, -0.05) is 6.08 Å². The van der Waals surface area contributed by atoms with Gasteiger partial charge < -0.3 is 15.7 Å². The molecule has 0 aliphatic heterocycles. The number of carboxylic acids is 1. The van der Waals surface area contributed by atoms with E-state index in [2.05, 4.69) is 11.6 Å². The highest BCUT2D eigenvalue weighted by molar-refractivity contribution is 7.09. The smallest absolute Gasteiger partial charge is 0.323 e. The van der Waals surface area contributed by atoms with Crippen LogP contribution in [0, 0.1) is 0 Å². The van der Waals surface area contributed by atoms with Crippen LogP contribution in [-0.2, 0) is 4.79 Å². The monoisotopic (exact) mass is 269 g/mol. The largest absolute Gasteiger partial charge is 0.480 e. The molecule has 0 saturated heterocycles. The molecule has 1 atom stereocenters. The summed E-state index contributed by atoms with van der Waals surface area (Å²) in [6.07, 6.45) is 1.47. The zero-order chi connectivity index (χ0) is 13.7. The Bertz CT molecular complexity index is 456. The summed E-state index contributed by atoms with van der Waals surface area (Å²) in [4.78, 5) is 27.9. The second-order valence-electron chi connectivity index (χ2n) is 3.73. The molecule has 18 heavy (non-hydrogen) atoms. The summed E-state index contributed by atoms with van der Waals surface area (Å²) in [5.41, 5.74) is 5.87. The third-order valence-corrected chi connectivity index (χ3v) is 3.14. The van der Waals surface area contributed by atoms with Gasteiger partial charge in [0.15, 0.2) is 0 Å².